The van der Waals surface area contributed by atoms with Gasteiger partial charge in [-0.25, -0.2) is 4.79 Å². The number of carbonyl (C=O) groups excluding carboxylic acids is 1. The normalized spacial score (nSPS) is 15.3. The van der Waals surface area contributed by atoms with Gasteiger partial charge in [-0.2, -0.15) is 0 Å². The maximum atomic E-state index is 10.0. The molecule has 3 heteroatoms. The van der Waals surface area contributed by atoms with Gasteiger partial charge in [0.1, 0.15) is 5.94 Å². The maximum absolute atomic E-state index is 10.0. The molecule has 0 saturated carbocycles. The maximum Gasteiger partial charge on any atom is 0.128 e. The van der Waals surface area contributed by atoms with E-state index in [1.165, 1.54) is 0 Å². The van der Waals surface area contributed by atoms with Crippen molar-refractivity contribution in [2.24, 2.45) is 4.99 Å². The molecule has 0 spiro atoms. The van der Waals surface area contributed by atoms with Crippen molar-refractivity contribution in [3.8, 4) is 0 Å². The minimum Gasteiger partial charge on any atom is -0.266 e. The van der Waals surface area contributed by atoms with Gasteiger partial charge in [0.25, 0.3) is 0 Å². The summed E-state index contributed by atoms with van der Waals surface area (Å²) in [5, 5.41) is 0. The summed E-state index contributed by atoms with van der Waals surface area (Å²) in [6.45, 7) is 1.89. The molecule has 1 rings (SSSR count). The Hall–Kier alpha value is -0.517. The van der Waals surface area contributed by atoms with Gasteiger partial charge in [-0.3, -0.25) is 4.99 Å². The van der Waals surface area contributed by atoms with E-state index in [2.05, 4.69) is 4.99 Å². The second kappa shape index (κ2) is 4.32. The Morgan fingerprint density at radius 1 is 1.70 bits per heavy atom. The monoisotopic (exact) mass is 223 g/mol. The Bertz CT molecular complexity index is 224. The van der Waals surface area contributed by atoms with Crippen molar-refractivity contribution in [3.63, 3.8) is 0 Å². The van der Waals surface area contributed by atoms with Gasteiger partial charge in [-0.1, -0.05) is 0 Å². The van der Waals surface area contributed by atoms with E-state index in [0.717, 1.165) is 5.71 Å². The molecule has 1 aliphatic heterocycles. The van der Waals surface area contributed by atoms with Crippen LogP contribution in [0.4, 0.5) is 0 Å². The molecular weight excluding hydrogens is 215 g/mol. The predicted octanol–water partition coefficient (Wildman–Crippen LogP) is 1.12. The SMILES string of the molecule is CC1=NC=CC(=C=O)C1.[Ru]. The molecule has 1 heterocycles. The van der Waals surface area contributed by atoms with Gasteiger partial charge in [0.15, 0.2) is 0 Å². The summed E-state index contributed by atoms with van der Waals surface area (Å²) >= 11 is 0. The third-order valence-corrected chi connectivity index (χ3v) is 1.15. The van der Waals surface area contributed by atoms with Crippen molar-refractivity contribution in [3.05, 3.63) is 17.8 Å². The van der Waals surface area contributed by atoms with Crippen LogP contribution in [-0.4, -0.2) is 11.7 Å². The summed E-state index contributed by atoms with van der Waals surface area (Å²) in [6.07, 6.45) is 3.96. The van der Waals surface area contributed by atoms with Crippen molar-refractivity contribution < 1.29 is 24.3 Å². The number of hydrogen-bond acceptors (Lipinski definition) is 2. The van der Waals surface area contributed by atoms with Gasteiger partial charge in [0, 0.05) is 43.4 Å². The molecule has 0 saturated heterocycles. The van der Waals surface area contributed by atoms with Crippen molar-refractivity contribution in [2.45, 2.75) is 13.3 Å². The van der Waals surface area contributed by atoms with Crippen LogP contribution in [0.1, 0.15) is 13.3 Å². The fraction of sp³-hybridized carbons (Fsp3) is 0.286. The first-order valence-corrected chi connectivity index (χ1v) is 2.77. The average molecular weight is 222 g/mol. The van der Waals surface area contributed by atoms with Gasteiger partial charge in [0.05, 0.1) is 0 Å². The second-order valence-corrected chi connectivity index (χ2v) is 1.98. The number of nitrogens with zero attached hydrogens (tertiary/aromatic N) is 1. The summed E-state index contributed by atoms with van der Waals surface area (Å²) in [7, 11) is 0. The van der Waals surface area contributed by atoms with Gasteiger partial charge < -0.3 is 0 Å². The molecular formula is C7H7NORu. The van der Waals surface area contributed by atoms with E-state index in [4.69, 9.17) is 0 Å². The zero-order valence-corrected chi connectivity index (χ0v) is 7.31. The van der Waals surface area contributed by atoms with Crippen LogP contribution >= 0.6 is 0 Å². The van der Waals surface area contributed by atoms with Crippen molar-refractivity contribution in [1.29, 1.82) is 0 Å². The summed E-state index contributed by atoms with van der Waals surface area (Å²) in [5.41, 5.74) is 1.65. The molecule has 0 aliphatic carbocycles. The molecule has 2 nitrogen and oxygen atoms in total. The zero-order chi connectivity index (χ0) is 6.69. The van der Waals surface area contributed by atoms with E-state index in [-0.39, 0.29) is 19.5 Å². The summed E-state index contributed by atoms with van der Waals surface area (Å²) in [4.78, 5) is 14.0. The molecule has 0 aromatic carbocycles. The molecule has 10 heavy (non-hydrogen) atoms. The Balaban J connectivity index is 0.000000810. The van der Waals surface area contributed by atoms with E-state index in [9.17, 15) is 4.79 Å². The van der Waals surface area contributed by atoms with Crippen molar-refractivity contribution >= 4 is 11.7 Å². The molecule has 0 aromatic rings. The topological polar surface area (TPSA) is 29.4 Å². The second-order valence-electron chi connectivity index (χ2n) is 1.98. The quantitative estimate of drug-likeness (QED) is 0.446. The number of hydrogen-bond donors (Lipinski definition) is 0. The van der Waals surface area contributed by atoms with Gasteiger partial charge in [-0.05, 0) is 13.0 Å². The van der Waals surface area contributed by atoms with Crippen LogP contribution in [0.25, 0.3) is 0 Å². The fourth-order valence-corrected chi connectivity index (χ4v) is 0.705. The van der Waals surface area contributed by atoms with Crippen molar-refractivity contribution in [2.75, 3.05) is 0 Å². The van der Waals surface area contributed by atoms with E-state index >= 15 is 0 Å². The van der Waals surface area contributed by atoms with Crippen molar-refractivity contribution in [1.82, 2.24) is 0 Å². The van der Waals surface area contributed by atoms with Gasteiger partial charge in [-0.15, -0.1) is 0 Å². The molecule has 0 atom stereocenters. The van der Waals surface area contributed by atoms with E-state index in [1.54, 1.807) is 12.3 Å². The Kier molecular flexibility index (Phi) is 4.10. The van der Waals surface area contributed by atoms with Crippen LogP contribution in [0.15, 0.2) is 22.8 Å². The minimum absolute atomic E-state index is 0. The third-order valence-electron chi connectivity index (χ3n) is 1.15. The Morgan fingerprint density at radius 2 is 2.40 bits per heavy atom. The van der Waals surface area contributed by atoms with Crippen LogP contribution in [0.5, 0.6) is 0 Å². The smallest absolute Gasteiger partial charge is 0.128 e. The minimum atomic E-state index is 0. The van der Waals surface area contributed by atoms with E-state index in [0.29, 0.717) is 12.0 Å². The summed E-state index contributed by atoms with van der Waals surface area (Å²) < 4.78 is 0. The first-order valence-electron chi connectivity index (χ1n) is 2.77. The molecule has 0 N–H and O–H groups in total. The zero-order valence-electron chi connectivity index (χ0n) is 5.57. The molecule has 0 aromatic heterocycles. The van der Waals surface area contributed by atoms with Crippen LogP contribution in [0, 0.1) is 0 Å². The van der Waals surface area contributed by atoms with E-state index < -0.39 is 0 Å². The van der Waals surface area contributed by atoms with Crippen LogP contribution in [-0.2, 0) is 24.3 Å². The Labute approximate surface area is 72.5 Å². The average Bonchev–Trinajstić information content (AvgIpc) is 1.88. The molecule has 0 bridgehead atoms. The number of aliphatic imine (C=N–C) groups is 1. The Morgan fingerprint density at radius 3 is 2.80 bits per heavy atom. The number of allylic oxidation sites excluding steroid dienone is 2. The molecule has 0 unspecified atom stereocenters. The third kappa shape index (κ3) is 2.39. The fourth-order valence-electron chi connectivity index (χ4n) is 0.705. The van der Waals surface area contributed by atoms with Gasteiger partial charge >= 0.3 is 0 Å². The standard InChI is InChI=1S/C7H7NO.Ru/c1-6-4-7(5-9)2-3-8-6;/h2-3H,4H2,1H3;. The summed E-state index contributed by atoms with van der Waals surface area (Å²) in [5.74, 6) is 1.83. The van der Waals surface area contributed by atoms with Crippen LogP contribution < -0.4 is 0 Å². The summed E-state index contributed by atoms with van der Waals surface area (Å²) in [6, 6.07) is 0. The molecule has 1 aliphatic rings. The molecule has 0 fully saturated rings. The molecule has 54 valence electrons. The first-order chi connectivity index (χ1) is 4.33. The van der Waals surface area contributed by atoms with Crippen LogP contribution in [0.2, 0.25) is 0 Å². The molecule has 0 radical (unpaired) electrons. The predicted molar refractivity (Wildman–Crippen MR) is 36.1 cm³/mol. The first kappa shape index (κ1) is 9.48. The van der Waals surface area contributed by atoms with Gasteiger partial charge in [0.2, 0.25) is 0 Å². The number of rotatable bonds is 0. The molecule has 0 amide bonds. The van der Waals surface area contributed by atoms with Crippen LogP contribution in [0.3, 0.4) is 0 Å². The largest absolute Gasteiger partial charge is 0.266 e. The van der Waals surface area contributed by atoms with E-state index in [1.807, 2.05) is 12.9 Å².